The van der Waals surface area contributed by atoms with Gasteiger partial charge in [0.05, 0.1) is 15.9 Å². The molecule has 6 heteroatoms. The van der Waals surface area contributed by atoms with Gasteiger partial charge in [0.1, 0.15) is 5.82 Å². The molecule has 0 unspecified atom stereocenters. The molecule has 0 bridgehead atoms. The van der Waals surface area contributed by atoms with Crippen LogP contribution in [0, 0.1) is 10.5 Å². The van der Waals surface area contributed by atoms with Gasteiger partial charge in [0.2, 0.25) is 0 Å². The number of aromatic nitrogens is 2. The summed E-state index contributed by atoms with van der Waals surface area (Å²) in [6.45, 7) is 4.07. The van der Waals surface area contributed by atoms with Crippen molar-refractivity contribution < 1.29 is 9.84 Å². The summed E-state index contributed by atoms with van der Waals surface area (Å²) in [6, 6.07) is 4.86. The van der Waals surface area contributed by atoms with Gasteiger partial charge in [-0.25, -0.2) is 4.98 Å². The van der Waals surface area contributed by atoms with Gasteiger partial charge in [0.25, 0.3) is 5.56 Å². The number of ether oxygens (including phenoxy) is 1. The number of hydrogen-bond donors (Lipinski definition) is 2. The van der Waals surface area contributed by atoms with E-state index in [0.29, 0.717) is 33.0 Å². The summed E-state index contributed by atoms with van der Waals surface area (Å²) in [7, 11) is 0. The molecule has 2 aromatic rings. The zero-order chi connectivity index (χ0) is 14.0. The third-order valence-corrected chi connectivity index (χ3v) is 3.83. The number of phenols is 1. The maximum atomic E-state index is 11.7. The molecule has 0 aliphatic rings. The Morgan fingerprint density at radius 1 is 1.47 bits per heavy atom. The Balaban J connectivity index is 2.53. The lowest BCUT2D eigenvalue weighted by molar-refractivity contribution is 0.318. The first-order valence-electron chi connectivity index (χ1n) is 5.75. The molecule has 0 aliphatic carbocycles. The first-order chi connectivity index (χ1) is 9.02. The molecule has 2 rings (SSSR count). The Kier molecular flexibility index (Phi) is 4.08. The molecule has 0 radical (unpaired) electrons. The van der Waals surface area contributed by atoms with Crippen molar-refractivity contribution in [2.75, 3.05) is 6.61 Å². The summed E-state index contributed by atoms with van der Waals surface area (Å²) >= 11 is 1.96. The van der Waals surface area contributed by atoms with Crippen LogP contribution in [0.25, 0.3) is 11.4 Å². The molecule has 0 saturated heterocycles. The van der Waals surface area contributed by atoms with E-state index in [-0.39, 0.29) is 11.3 Å². The van der Waals surface area contributed by atoms with Crippen LogP contribution in [0.15, 0.2) is 23.0 Å². The topological polar surface area (TPSA) is 75.2 Å². The van der Waals surface area contributed by atoms with E-state index in [2.05, 4.69) is 9.97 Å². The Morgan fingerprint density at radius 2 is 2.21 bits per heavy atom. The molecule has 0 saturated carbocycles. The second-order valence-corrected chi connectivity index (χ2v) is 5.01. The number of aromatic hydroxyl groups is 1. The molecule has 1 aromatic heterocycles. The second-order valence-electron chi connectivity index (χ2n) is 3.93. The lowest BCUT2D eigenvalue weighted by Crippen LogP contribution is -2.14. The van der Waals surface area contributed by atoms with Gasteiger partial charge in [-0.2, -0.15) is 0 Å². The number of aryl methyl sites for hydroxylation is 1. The van der Waals surface area contributed by atoms with Crippen molar-refractivity contribution >= 4 is 22.6 Å². The van der Waals surface area contributed by atoms with Gasteiger partial charge in [-0.1, -0.05) is 0 Å². The minimum atomic E-state index is -0.172. The van der Waals surface area contributed by atoms with E-state index in [9.17, 15) is 9.90 Å². The summed E-state index contributed by atoms with van der Waals surface area (Å²) in [6.07, 6.45) is 0. The predicted molar refractivity (Wildman–Crippen MR) is 80.6 cm³/mol. The molecule has 19 heavy (non-hydrogen) atoms. The molecule has 100 valence electrons. The van der Waals surface area contributed by atoms with Gasteiger partial charge >= 0.3 is 0 Å². The van der Waals surface area contributed by atoms with Crippen molar-refractivity contribution in [1.82, 2.24) is 9.97 Å². The predicted octanol–water partition coefficient (Wildman–Crippen LogP) is 2.45. The zero-order valence-electron chi connectivity index (χ0n) is 10.5. The van der Waals surface area contributed by atoms with E-state index in [4.69, 9.17) is 4.74 Å². The quantitative estimate of drug-likeness (QED) is 0.812. The van der Waals surface area contributed by atoms with E-state index < -0.39 is 0 Å². The van der Waals surface area contributed by atoms with Crippen LogP contribution in [0.1, 0.15) is 12.6 Å². The average molecular weight is 372 g/mol. The fourth-order valence-electron chi connectivity index (χ4n) is 1.64. The fraction of sp³-hybridized carbons (Fsp3) is 0.231. The maximum Gasteiger partial charge on any atom is 0.264 e. The SMILES string of the molecule is CCOc1cc(-c2nc(C)c(I)c(=O)[nH]2)ccc1O. The number of benzene rings is 1. The van der Waals surface area contributed by atoms with Crippen molar-refractivity contribution in [2.24, 2.45) is 0 Å². The van der Waals surface area contributed by atoms with Crippen molar-refractivity contribution in [3.05, 3.63) is 37.8 Å². The Morgan fingerprint density at radius 3 is 2.84 bits per heavy atom. The molecule has 0 spiro atoms. The summed E-state index contributed by atoms with van der Waals surface area (Å²) in [5.41, 5.74) is 1.19. The number of nitrogens with zero attached hydrogens (tertiary/aromatic N) is 1. The summed E-state index contributed by atoms with van der Waals surface area (Å²) < 4.78 is 5.89. The molecule has 0 fully saturated rings. The third-order valence-electron chi connectivity index (χ3n) is 2.56. The molecule has 0 amide bonds. The van der Waals surface area contributed by atoms with E-state index in [0.717, 1.165) is 0 Å². The Labute approximate surface area is 123 Å². The molecule has 5 nitrogen and oxygen atoms in total. The van der Waals surface area contributed by atoms with Crippen LogP contribution in [0.3, 0.4) is 0 Å². The van der Waals surface area contributed by atoms with Gasteiger partial charge < -0.3 is 14.8 Å². The van der Waals surface area contributed by atoms with Crippen LogP contribution >= 0.6 is 22.6 Å². The highest BCUT2D eigenvalue weighted by atomic mass is 127. The van der Waals surface area contributed by atoms with E-state index in [1.54, 1.807) is 19.1 Å². The average Bonchev–Trinajstić information content (AvgIpc) is 2.38. The minimum absolute atomic E-state index is 0.0650. The van der Waals surface area contributed by atoms with Gasteiger partial charge in [-0.3, -0.25) is 4.79 Å². The highest BCUT2D eigenvalue weighted by molar-refractivity contribution is 14.1. The number of halogens is 1. The molecule has 2 N–H and O–H groups in total. The van der Waals surface area contributed by atoms with Crippen molar-refractivity contribution in [3.63, 3.8) is 0 Å². The van der Waals surface area contributed by atoms with E-state index in [1.165, 1.54) is 6.07 Å². The number of H-pyrrole nitrogens is 1. The first kappa shape index (κ1) is 13.9. The van der Waals surface area contributed by atoms with Crippen LogP contribution in [0.2, 0.25) is 0 Å². The summed E-state index contributed by atoms with van der Waals surface area (Å²) in [5.74, 6) is 0.901. The number of aromatic amines is 1. The van der Waals surface area contributed by atoms with Crippen LogP contribution in [0.5, 0.6) is 11.5 Å². The monoisotopic (exact) mass is 372 g/mol. The Hall–Kier alpha value is -1.57. The first-order valence-corrected chi connectivity index (χ1v) is 6.83. The highest BCUT2D eigenvalue weighted by Crippen LogP contribution is 2.30. The van der Waals surface area contributed by atoms with Crippen LogP contribution in [-0.2, 0) is 0 Å². The van der Waals surface area contributed by atoms with Crippen LogP contribution in [0.4, 0.5) is 0 Å². The van der Waals surface area contributed by atoms with E-state index in [1.807, 2.05) is 29.5 Å². The minimum Gasteiger partial charge on any atom is -0.504 e. The van der Waals surface area contributed by atoms with Gasteiger partial charge in [0, 0.05) is 5.56 Å². The number of nitrogens with one attached hydrogen (secondary N) is 1. The van der Waals surface area contributed by atoms with Gasteiger partial charge in [0.15, 0.2) is 11.5 Å². The smallest absolute Gasteiger partial charge is 0.264 e. The summed E-state index contributed by atoms with van der Waals surface area (Å²) in [5, 5.41) is 9.65. The van der Waals surface area contributed by atoms with Crippen molar-refractivity contribution in [2.45, 2.75) is 13.8 Å². The fourth-order valence-corrected chi connectivity index (χ4v) is 1.90. The van der Waals surface area contributed by atoms with Crippen molar-refractivity contribution in [1.29, 1.82) is 0 Å². The molecule has 1 aromatic carbocycles. The largest absolute Gasteiger partial charge is 0.504 e. The van der Waals surface area contributed by atoms with Crippen molar-refractivity contribution in [3.8, 4) is 22.9 Å². The third kappa shape index (κ3) is 2.89. The number of phenolic OH excluding ortho intramolecular Hbond substituents is 1. The molecule has 1 heterocycles. The van der Waals surface area contributed by atoms with Gasteiger partial charge in [-0.15, -0.1) is 0 Å². The number of rotatable bonds is 3. The van der Waals surface area contributed by atoms with Crippen LogP contribution in [-0.4, -0.2) is 21.7 Å². The molecular formula is C13H13IN2O3. The van der Waals surface area contributed by atoms with E-state index >= 15 is 0 Å². The molecule has 0 aliphatic heterocycles. The standard InChI is InChI=1S/C13H13IN2O3/c1-3-19-10-6-8(4-5-9(10)17)12-15-7(2)11(14)13(18)16-12/h4-6,17H,3H2,1-2H3,(H,15,16,18). The summed E-state index contributed by atoms with van der Waals surface area (Å²) in [4.78, 5) is 18.8. The highest BCUT2D eigenvalue weighted by Gasteiger charge is 2.10. The van der Waals surface area contributed by atoms with Gasteiger partial charge in [-0.05, 0) is 54.6 Å². The lowest BCUT2D eigenvalue weighted by atomic mass is 10.2. The second kappa shape index (κ2) is 5.60. The normalized spacial score (nSPS) is 10.5. The molecule has 0 atom stereocenters. The van der Waals surface area contributed by atoms with Crippen LogP contribution < -0.4 is 10.3 Å². The molecular weight excluding hydrogens is 359 g/mol. The maximum absolute atomic E-state index is 11.7. The lowest BCUT2D eigenvalue weighted by Gasteiger charge is -2.08. The number of hydrogen-bond acceptors (Lipinski definition) is 4. The zero-order valence-corrected chi connectivity index (χ0v) is 12.7. The Bertz CT molecular complexity index is 667.